The molecule has 0 atom stereocenters. The molecule has 1 saturated heterocycles. The Morgan fingerprint density at radius 2 is 2.18 bits per heavy atom. The number of nitrogens with one attached hydrogen (secondary N) is 1. The van der Waals surface area contributed by atoms with E-state index in [9.17, 15) is 0 Å². The summed E-state index contributed by atoms with van der Waals surface area (Å²) in [5.74, 6) is 0. The fourth-order valence-electron chi connectivity index (χ4n) is 1.35. The first kappa shape index (κ1) is 9.01. The quantitative estimate of drug-likeness (QED) is 0.661. The minimum Gasteiger partial charge on any atom is -0.316 e. The summed E-state index contributed by atoms with van der Waals surface area (Å²) < 4.78 is 0. The van der Waals surface area contributed by atoms with Crippen LogP contribution >= 0.6 is 0 Å². The van der Waals surface area contributed by atoms with Crippen molar-refractivity contribution in [3.05, 3.63) is 0 Å². The van der Waals surface area contributed by atoms with E-state index in [4.69, 9.17) is 0 Å². The maximum absolute atomic E-state index is 3.32. The highest BCUT2D eigenvalue weighted by Crippen LogP contribution is 2.25. The maximum Gasteiger partial charge on any atom is 0.00180 e. The standard InChI is InChI=1S/C9H20N2.H2/c1-4-11(3)6-5-9(2)7-10-8-9;/h10H,4-8H2,1-3H3;1H. The molecular formula is C9H22N2. The zero-order valence-electron chi connectivity index (χ0n) is 7.98. The first-order chi connectivity index (χ1) is 5.16. The van der Waals surface area contributed by atoms with Crippen molar-refractivity contribution in [3.63, 3.8) is 0 Å². The molecule has 0 radical (unpaired) electrons. The zero-order valence-corrected chi connectivity index (χ0v) is 7.98. The molecule has 0 aromatic rings. The highest BCUT2D eigenvalue weighted by atomic mass is 15.1. The van der Waals surface area contributed by atoms with Crippen LogP contribution in [0.4, 0.5) is 0 Å². The van der Waals surface area contributed by atoms with Gasteiger partial charge in [0.15, 0.2) is 0 Å². The van der Waals surface area contributed by atoms with Gasteiger partial charge >= 0.3 is 0 Å². The summed E-state index contributed by atoms with van der Waals surface area (Å²) in [6.45, 7) is 9.42. The van der Waals surface area contributed by atoms with E-state index < -0.39 is 0 Å². The molecule has 11 heavy (non-hydrogen) atoms. The molecule has 0 spiro atoms. The average Bonchev–Trinajstić information content (AvgIpc) is 1.96. The third-order valence-corrected chi connectivity index (χ3v) is 2.74. The van der Waals surface area contributed by atoms with Gasteiger partial charge < -0.3 is 10.2 Å². The molecule has 1 rings (SSSR count). The van der Waals surface area contributed by atoms with Crippen LogP contribution in [0.25, 0.3) is 0 Å². The Balaban J connectivity index is 0.00000121. The summed E-state index contributed by atoms with van der Waals surface area (Å²) in [5, 5.41) is 3.32. The van der Waals surface area contributed by atoms with Crippen molar-refractivity contribution in [2.24, 2.45) is 5.41 Å². The summed E-state index contributed by atoms with van der Waals surface area (Å²) >= 11 is 0. The molecule has 0 aromatic heterocycles. The number of nitrogens with zero attached hydrogens (tertiary/aromatic N) is 1. The van der Waals surface area contributed by atoms with Crippen molar-refractivity contribution < 1.29 is 1.43 Å². The van der Waals surface area contributed by atoms with Crippen LogP contribution in [0.2, 0.25) is 0 Å². The van der Waals surface area contributed by atoms with Crippen molar-refractivity contribution >= 4 is 0 Å². The first-order valence-corrected chi connectivity index (χ1v) is 4.55. The van der Waals surface area contributed by atoms with Crippen molar-refractivity contribution in [1.82, 2.24) is 10.2 Å². The summed E-state index contributed by atoms with van der Waals surface area (Å²) in [6, 6.07) is 0. The average molecular weight is 158 g/mol. The van der Waals surface area contributed by atoms with E-state index in [1.54, 1.807) is 0 Å². The van der Waals surface area contributed by atoms with E-state index in [1.807, 2.05) is 0 Å². The van der Waals surface area contributed by atoms with Crippen molar-refractivity contribution in [1.29, 1.82) is 0 Å². The maximum atomic E-state index is 3.32. The van der Waals surface area contributed by atoms with Crippen LogP contribution in [0, 0.1) is 5.41 Å². The Morgan fingerprint density at radius 3 is 2.55 bits per heavy atom. The lowest BCUT2D eigenvalue weighted by atomic mass is 9.81. The van der Waals surface area contributed by atoms with Crippen molar-refractivity contribution in [2.45, 2.75) is 20.3 Å². The van der Waals surface area contributed by atoms with Gasteiger partial charge in [0, 0.05) is 14.5 Å². The van der Waals surface area contributed by atoms with Crippen LogP contribution in [-0.2, 0) is 0 Å². The molecule has 0 amide bonds. The summed E-state index contributed by atoms with van der Waals surface area (Å²) in [4.78, 5) is 2.38. The minimum atomic E-state index is 0. The van der Waals surface area contributed by atoms with Gasteiger partial charge in [0.05, 0.1) is 0 Å². The predicted octanol–water partition coefficient (Wildman–Crippen LogP) is 1.18. The normalized spacial score (nSPS) is 21.8. The molecule has 2 heteroatoms. The minimum absolute atomic E-state index is 0. The molecule has 1 aliphatic heterocycles. The smallest absolute Gasteiger partial charge is 0.00180 e. The lowest BCUT2D eigenvalue weighted by molar-refractivity contribution is 0.155. The Kier molecular flexibility index (Phi) is 2.90. The lowest BCUT2D eigenvalue weighted by Gasteiger charge is -2.40. The molecule has 0 bridgehead atoms. The monoisotopic (exact) mass is 158 g/mol. The van der Waals surface area contributed by atoms with Gasteiger partial charge in [-0.2, -0.15) is 0 Å². The van der Waals surface area contributed by atoms with Crippen LogP contribution in [-0.4, -0.2) is 38.1 Å². The second-order valence-electron chi connectivity index (χ2n) is 4.06. The van der Waals surface area contributed by atoms with Gasteiger partial charge in [-0.05, 0) is 32.0 Å². The van der Waals surface area contributed by atoms with Crippen molar-refractivity contribution in [3.8, 4) is 0 Å². The molecule has 1 N–H and O–H groups in total. The van der Waals surface area contributed by atoms with Gasteiger partial charge in [0.2, 0.25) is 0 Å². The van der Waals surface area contributed by atoms with Gasteiger partial charge in [-0.15, -0.1) is 0 Å². The SMILES string of the molecule is CCN(C)CCC1(C)CNC1.[HH]. The fraction of sp³-hybridized carbons (Fsp3) is 1.00. The second kappa shape index (κ2) is 3.55. The summed E-state index contributed by atoms with van der Waals surface area (Å²) in [7, 11) is 2.19. The predicted molar refractivity (Wildman–Crippen MR) is 50.9 cm³/mol. The Labute approximate surface area is 71.4 Å². The highest BCUT2D eigenvalue weighted by molar-refractivity contribution is 4.88. The van der Waals surface area contributed by atoms with Crippen LogP contribution < -0.4 is 5.32 Å². The molecule has 68 valence electrons. The van der Waals surface area contributed by atoms with E-state index in [-0.39, 0.29) is 1.43 Å². The highest BCUT2D eigenvalue weighted by Gasteiger charge is 2.30. The number of rotatable bonds is 4. The topological polar surface area (TPSA) is 15.3 Å². The van der Waals surface area contributed by atoms with E-state index in [0.29, 0.717) is 5.41 Å². The van der Waals surface area contributed by atoms with E-state index in [0.717, 1.165) is 0 Å². The van der Waals surface area contributed by atoms with Gasteiger partial charge in [-0.25, -0.2) is 0 Å². The number of hydrogen-bond donors (Lipinski definition) is 1. The lowest BCUT2D eigenvalue weighted by Crippen LogP contribution is -2.52. The van der Waals surface area contributed by atoms with E-state index >= 15 is 0 Å². The van der Waals surface area contributed by atoms with Crippen LogP contribution in [0.15, 0.2) is 0 Å². The largest absolute Gasteiger partial charge is 0.316 e. The van der Waals surface area contributed by atoms with Gasteiger partial charge in [-0.1, -0.05) is 13.8 Å². The Bertz CT molecular complexity index is 124. The van der Waals surface area contributed by atoms with E-state index in [1.165, 1.54) is 32.6 Å². The number of hydrogen-bond acceptors (Lipinski definition) is 2. The molecule has 2 nitrogen and oxygen atoms in total. The molecule has 0 aromatic carbocycles. The molecule has 1 aliphatic rings. The molecule has 1 fully saturated rings. The van der Waals surface area contributed by atoms with Crippen LogP contribution in [0.1, 0.15) is 21.7 Å². The summed E-state index contributed by atoms with van der Waals surface area (Å²) in [6.07, 6.45) is 1.34. The molecule has 0 saturated carbocycles. The molecule has 1 heterocycles. The zero-order chi connectivity index (χ0) is 8.32. The Hall–Kier alpha value is -0.0800. The third-order valence-electron chi connectivity index (χ3n) is 2.74. The van der Waals surface area contributed by atoms with Gasteiger partial charge in [-0.3, -0.25) is 0 Å². The molecule has 0 unspecified atom stereocenters. The second-order valence-corrected chi connectivity index (χ2v) is 4.06. The first-order valence-electron chi connectivity index (χ1n) is 4.55. The fourth-order valence-corrected chi connectivity index (χ4v) is 1.35. The van der Waals surface area contributed by atoms with Gasteiger partial charge in [0.25, 0.3) is 0 Å². The molecular weight excluding hydrogens is 136 g/mol. The van der Waals surface area contributed by atoms with Crippen molar-refractivity contribution in [2.75, 3.05) is 33.2 Å². The Morgan fingerprint density at radius 1 is 1.55 bits per heavy atom. The van der Waals surface area contributed by atoms with Crippen LogP contribution in [0.3, 0.4) is 0 Å². The van der Waals surface area contributed by atoms with E-state index in [2.05, 4.69) is 31.1 Å². The van der Waals surface area contributed by atoms with Crippen LogP contribution in [0.5, 0.6) is 0 Å². The molecule has 0 aliphatic carbocycles. The third kappa shape index (κ3) is 2.46. The summed E-state index contributed by atoms with van der Waals surface area (Å²) in [5.41, 5.74) is 0.601. The van der Waals surface area contributed by atoms with Gasteiger partial charge in [0.1, 0.15) is 0 Å².